The smallest absolute Gasteiger partial charge is 0.126 e. The van der Waals surface area contributed by atoms with Gasteiger partial charge in [0.15, 0.2) is 0 Å². The zero-order valence-electron chi connectivity index (χ0n) is 23.9. The minimum Gasteiger partial charge on any atom is -0.337 e. The van der Waals surface area contributed by atoms with Crippen molar-refractivity contribution in [3.05, 3.63) is 0 Å². The molecule has 0 aliphatic rings. The van der Waals surface area contributed by atoms with Gasteiger partial charge in [-0.05, 0) is 48.9 Å². The Kier molecular flexibility index (Phi) is 21.8. The van der Waals surface area contributed by atoms with Gasteiger partial charge in [-0.15, -0.1) is 0 Å². The van der Waals surface area contributed by atoms with Crippen molar-refractivity contribution in [1.29, 1.82) is 0 Å². The van der Waals surface area contributed by atoms with Crippen LogP contribution in [0.15, 0.2) is 0 Å². The molecule has 194 valence electrons. The Morgan fingerprint density at radius 1 is 0.438 bits per heavy atom. The first-order valence-electron chi connectivity index (χ1n) is 15.1. The summed E-state index contributed by atoms with van der Waals surface area (Å²) in [6.07, 6.45) is 23.3. The molecule has 32 heavy (non-hydrogen) atoms. The lowest BCUT2D eigenvalue weighted by molar-refractivity contribution is 0.528. The molecule has 1 N–H and O–H groups in total. The van der Waals surface area contributed by atoms with E-state index < -0.39 is 8.24 Å². The van der Waals surface area contributed by atoms with Crippen LogP contribution in [0.1, 0.15) is 151 Å². The fourth-order valence-electron chi connectivity index (χ4n) is 5.84. The van der Waals surface area contributed by atoms with E-state index in [0.717, 1.165) is 17.8 Å². The number of unbranched alkanes of at least 4 members (excludes halogenated alkanes) is 15. The van der Waals surface area contributed by atoms with E-state index in [2.05, 4.69) is 53.4 Å². The van der Waals surface area contributed by atoms with E-state index in [0.29, 0.717) is 0 Å². The van der Waals surface area contributed by atoms with E-state index in [-0.39, 0.29) is 0 Å². The van der Waals surface area contributed by atoms with Crippen molar-refractivity contribution in [2.75, 3.05) is 6.54 Å². The maximum Gasteiger partial charge on any atom is 0.126 e. The van der Waals surface area contributed by atoms with Gasteiger partial charge in [0.25, 0.3) is 0 Å². The zero-order chi connectivity index (χ0) is 24.1. The van der Waals surface area contributed by atoms with Gasteiger partial charge in [0.1, 0.15) is 8.24 Å². The molecule has 0 fully saturated rings. The summed E-state index contributed by atoms with van der Waals surface area (Å²) in [6, 6.07) is 4.38. The molecule has 0 rings (SSSR count). The average molecular weight is 468 g/mol. The first-order chi connectivity index (χ1) is 15.3. The fraction of sp³-hybridized carbons (Fsp3) is 1.00. The number of rotatable bonds is 24. The molecule has 0 amide bonds. The SMILES string of the molecule is CCCCCCCCCCCCCCCCCCN[Si](CC(C)C)(CC(C)C)CC(C)C. The molecule has 0 aromatic heterocycles. The molecule has 0 bridgehead atoms. The van der Waals surface area contributed by atoms with Crippen LogP contribution in [0.2, 0.25) is 18.1 Å². The minimum atomic E-state index is -1.34. The van der Waals surface area contributed by atoms with Gasteiger partial charge in [-0.3, -0.25) is 0 Å². The van der Waals surface area contributed by atoms with Gasteiger partial charge in [0.05, 0.1) is 0 Å². The topological polar surface area (TPSA) is 12.0 Å². The molecule has 0 radical (unpaired) electrons. The normalized spacial score (nSPS) is 12.6. The van der Waals surface area contributed by atoms with E-state index in [1.807, 2.05) is 0 Å². The Hall–Kier alpha value is 0.177. The summed E-state index contributed by atoms with van der Waals surface area (Å²) in [4.78, 5) is 4.22. The van der Waals surface area contributed by atoms with E-state index in [1.165, 1.54) is 127 Å². The van der Waals surface area contributed by atoms with Gasteiger partial charge in [-0.1, -0.05) is 145 Å². The average Bonchev–Trinajstić information content (AvgIpc) is 2.68. The molecular weight excluding hydrogens is 402 g/mol. The monoisotopic (exact) mass is 467 g/mol. The Bertz CT molecular complexity index is 350. The van der Waals surface area contributed by atoms with Crippen LogP contribution >= 0.6 is 0 Å². The van der Waals surface area contributed by atoms with Crippen LogP contribution < -0.4 is 4.98 Å². The Morgan fingerprint density at radius 2 is 0.719 bits per heavy atom. The standard InChI is InChI=1S/C30H65NSi/c1-8-9-10-11-12-13-14-15-16-17-18-19-20-21-22-23-24-31-32(25-28(2)3,26-29(4)5)27-30(6)7/h28-31H,8-27H2,1-7H3. The lowest BCUT2D eigenvalue weighted by Gasteiger charge is -2.37. The van der Waals surface area contributed by atoms with Crippen LogP contribution in [0, 0.1) is 17.8 Å². The molecular formula is C30H65NSi. The highest BCUT2D eigenvalue weighted by molar-refractivity contribution is 6.77. The van der Waals surface area contributed by atoms with Crippen LogP contribution in [-0.2, 0) is 0 Å². The van der Waals surface area contributed by atoms with Crippen molar-refractivity contribution in [2.24, 2.45) is 17.8 Å². The van der Waals surface area contributed by atoms with Gasteiger partial charge in [-0.25, -0.2) is 0 Å². The molecule has 2 heteroatoms. The molecule has 0 aromatic rings. The van der Waals surface area contributed by atoms with E-state index in [9.17, 15) is 0 Å². The summed E-state index contributed by atoms with van der Waals surface area (Å²) in [5.41, 5.74) is 0. The molecule has 1 nitrogen and oxygen atoms in total. The predicted octanol–water partition coefficient (Wildman–Crippen LogP) is 10.8. The van der Waals surface area contributed by atoms with Gasteiger partial charge < -0.3 is 4.98 Å². The minimum absolute atomic E-state index is 0.831. The van der Waals surface area contributed by atoms with Crippen molar-refractivity contribution < 1.29 is 0 Å². The zero-order valence-corrected chi connectivity index (χ0v) is 24.9. The fourth-order valence-corrected chi connectivity index (χ4v) is 12.2. The van der Waals surface area contributed by atoms with Gasteiger partial charge >= 0.3 is 0 Å². The van der Waals surface area contributed by atoms with Crippen molar-refractivity contribution in [3.63, 3.8) is 0 Å². The van der Waals surface area contributed by atoms with Crippen molar-refractivity contribution >= 4 is 8.24 Å². The molecule has 0 aromatic carbocycles. The third-order valence-electron chi connectivity index (χ3n) is 6.93. The summed E-state index contributed by atoms with van der Waals surface area (Å²) in [7, 11) is -1.34. The molecule has 0 atom stereocenters. The molecule has 0 heterocycles. The lowest BCUT2D eigenvalue weighted by Crippen LogP contribution is -2.53. The van der Waals surface area contributed by atoms with Crippen LogP contribution in [-0.4, -0.2) is 14.8 Å². The molecule has 0 saturated carbocycles. The highest BCUT2D eigenvalue weighted by Crippen LogP contribution is 2.30. The second-order valence-electron chi connectivity index (χ2n) is 12.3. The van der Waals surface area contributed by atoms with Crippen molar-refractivity contribution in [2.45, 2.75) is 169 Å². The second kappa shape index (κ2) is 21.7. The van der Waals surface area contributed by atoms with Crippen molar-refractivity contribution in [1.82, 2.24) is 4.98 Å². The van der Waals surface area contributed by atoms with Gasteiger partial charge in [0, 0.05) is 0 Å². The molecule has 0 unspecified atom stereocenters. The maximum atomic E-state index is 4.22. The van der Waals surface area contributed by atoms with E-state index >= 15 is 0 Å². The van der Waals surface area contributed by atoms with E-state index in [1.54, 1.807) is 0 Å². The summed E-state index contributed by atoms with van der Waals surface area (Å²) >= 11 is 0. The summed E-state index contributed by atoms with van der Waals surface area (Å²) in [5.74, 6) is 2.49. The van der Waals surface area contributed by atoms with Gasteiger partial charge in [0.2, 0.25) is 0 Å². The largest absolute Gasteiger partial charge is 0.337 e. The number of hydrogen-bond donors (Lipinski definition) is 1. The first-order valence-corrected chi connectivity index (χ1v) is 17.7. The third kappa shape index (κ3) is 20.8. The highest BCUT2D eigenvalue weighted by Gasteiger charge is 2.34. The van der Waals surface area contributed by atoms with E-state index in [4.69, 9.17) is 0 Å². The Balaban J connectivity index is 3.74. The summed E-state index contributed by atoms with van der Waals surface area (Å²) in [6.45, 7) is 18.2. The maximum absolute atomic E-state index is 4.22. The summed E-state index contributed by atoms with van der Waals surface area (Å²) in [5, 5.41) is 0. The predicted molar refractivity (Wildman–Crippen MR) is 152 cm³/mol. The molecule has 0 aliphatic carbocycles. The van der Waals surface area contributed by atoms with Gasteiger partial charge in [-0.2, -0.15) is 0 Å². The lowest BCUT2D eigenvalue weighted by atomic mass is 10.0. The van der Waals surface area contributed by atoms with Crippen LogP contribution in [0.3, 0.4) is 0 Å². The molecule has 0 spiro atoms. The number of nitrogens with one attached hydrogen (secondary N) is 1. The Morgan fingerprint density at radius 3 is 1.00 bits per heavy atom. The highest BCUT2D eigenvalue weighted by atomic mass is 28.3. The summed E-state index contributed by atoms with van der Waals surface area (Å²) < 4.78 is 0. The molecule has 0 saturated heterocycles. The first kappa shape index (κ1) is 32.2. The number of hydrogen-bond acceptors (Lipinski definition) is 1. The second-order valence-corrected chi connectivity index (χ2v) is 16.4. The quantitative estimate of drug-likeness (QED) is 0.110. The Labute approximate surface area is 206 Å². The van der Waals surface area contributed by atoms with Crippen LogP contribution in [0.4, 0.5) is 0 Å². The van der Waals surface area contributed by atoms with Crippen molar-refractivity contribution in [3.8, 4) is 0 Å². The van der Waals surface area contributed by atoms with Crippen LogP contribution in [0.5, 0.6) is 0 Å². The third-order valence-corrected chi connectivity index (χ3v) is 12.7. The molecule has 0 aliphatic heterocycles. The van der Waals surface area contributed by atoms with Crippen LogP contribution in [0.25, 0.3) is 0 Å².